The number of non-ortho nitro benzene ring substituents is 1. The molecule has 0 radical (unpaired) electrons. The van der Waals surface area contributed by atoms with Gasteiger partial charge in [-0.1, -0.05) is 35.0 Å². The Kier molecular flexibility index (Phi) is 6.64. The predicted molar refractivity (Wildman–Crippen MR) is 121 cm³/mol. The monoisotopic (exact) mass is 451 g/mol. The Hall–Kier alpha value is -3.79. The zero-order valence-electron chi connectivity index (χ0n) is 18.5. The van der Waals surface area contributed by atoms with Crippen LogP contribution < -0.4 is 10.1 Å². The van der Waals surface area contributed by atoms with Gasteiger partial charge in [0, 0.05) is 23.6 Å². The molecule has 33 heavy (non-hydrogen) atoms. The molecule has 1 aliphatic heterocycles. The maximum atomic E-state index is 12.8. The Labute approximate surface area is 190 Å². The minimum atomic E-state index is -0.505. The fraction of sp³-hybridized carbons (Fsp3) is 0.348. The number of aromatic nitrogens is 2. The number of carbonyl (C=O) groups excluding carboxylic acids is 1. The average molecular weight is 451 g/mol. The van der Waals surface area contributed by atoms with E-state index in [0.29, 0.717) is 55.6 Å². The van der Waals surface area contributed by atoms with Gasteiger partial charge in [-0.05, 0) is 38.9 Å². The first kappa shape index (κ1) is 22.4. The number of nitro groups is 1. The smallest absolute Gasteiger partial charge is 0.271 e. The van der Waals surface area contributed by atoms with Gasteiger partial charge < -0.3 is 14.6 Å². The van der Waals surface area contributed by atoms with Crippen LogP contribution in [0.2, 0.25) is 0 Å². The van der Waals surface area contributed by atoms with Gasteiger partial charge in [0.15, 0.2) is 0 Å². The van der Waals surface area contributed by atoms with Gasteiger partial charge in [0.05, 0.1) is 24.3 Å². The highest BCUT2D eigenvalue weighted by Crippen LogP contribution is 2.30. The van der Waals surface area contributed by atoms with E-state index in [9.17, 15) is 14.9 Å². The van der Waals surface area contributed by atoms with Crippen LogP contribution in [0.4, 0.5) is 11.4 Å². The van der Waals surface area contributed by atoms with Gasteiger partial charge in [0.25, 0.3) is 5.69 Å². The Balaban J connectivity index is 1.32. The van der Waals surface area contributed by atoms with Crippen LogP contribution in [0.1, 0.15) is 24.3 Å². The number of likely N-dealkylation sites (tertiary alicyclic amines) is 1. The first-order chi connectivity index (χ1) is 15.9. The second-order valence-corrected chi connectivity index (χ2v) is 8.06. The molecule has 3 aromatic rings. The standard InChI is InChI=1S/C23H25N5O5/c1-15-3-5-16(6-4-15)22-25-21(33-26-22)14-27-11-9-17(10-12-27)23(29)24-19-13-18(28(30)31)7-8-20(19)32-2/h3-8,13,17H,9-12,14H2,1-2H3,(H,24,29). The number of hydrogen-bond acceptors (Lipinski definition) is 8. The van der Waals surface area contributed by atoms with Gasteiger partial charge in [-0.15, -0.1) is 0 Å². The number of aryl methyl sites for hydroxylation is 1. The van der Waals surface area contributed by atoms with Gasteiger partial charge in [-0.3, -0.25) is 19.8 Å². The number of hydrogen-bond donors (Lipinski definition) is 1. The highest BCUT2D eigenvalue weighted by Gasteiger charge is 2.27. The maximum Gasteiger partial charge on any atom is 0.271 e. The van der Waals surface area contributed by atoms with Gasteiger partial charge in [0.1, 0.15) is 5.75 Å². The molecule has 1 N–H and O–H groups in total. The molecule has 2 aromatic carbocycles. The van der Waals surface area contributed by atoms with Crippen molar-refractivity contribution in [2.75, 3.05) is 25.5 Å². The molecule has 172 valence electrons. The van der Waals surface area contributed by atoms with E-state index in [1.54, 1.807) is 0 Å². The summed E-state index contributed by atoms with van der Waals surface area (Å²) >= 11 is 0. The number of anilines is 1. The van der Waals surface area contributed by atoms with Gasteiger partial charge >= 0.3 is 0 Å². The van der Waals surface area contributed by atoms with E-state index < -0.39 is 4.92 Å². The fourth-order valence-corrected chi connectivity index (χ4v) is 3.83. The minimum Gasteiger partial charge on any atom is -0.495 e. The Morgan fingerprint density at radius 2 is 1.97 bits per heavy atom. The number of piperidine rings is 1. The number of methoxy groups -OCH3 is 1. The molecule has 0 bridgehead atoms. The fourth-order valence-electron chi connectivity index (χ4n) is 3.83. The summed E-state index contributed by atoms with van der Waals surface area (Å²) < 4.78 is 10.6. The lowest BCUT2D eigenvalue weighted by molar-refractivity contribution is -0.384. The molecule has 10 nitrogen and oxygen atoms in total. The molecule has 1 fully saturated rings. The van der Waals surface area contributed by atoms with Crippen LogP contribution in [-0.2, 0) is 11.3 Å². The summed E-state index contributed by atoms with van der Waals surface area (Å²) in [5.74, 6) is 1.11. The maximum absolute atomic E-state index is 12.8. The molecule has 1 aliphatic rings. The lowest BCUT2D eigenvalue weighted by Gasteiger charge is -2.30. The van der Waals surface area contributed by atoms with Crippen molar-refractivity contribution in [1.82, 2.24) is 15.0 Å². The van der Waals surface area contributed by atoms with Crippen LogP contribution in [0.3, 0.4) is 0 Å². The molecule has 2 heterocycles. The van der Waals surface area contributed by atoms with Crippen molar-refractivity contribution in [1.29, 1.82) is 0 Å². The van der Waals surface area contributed by atoms with Gasteiger partial charge in [0.2, 0.25) is 17.6 Å². The predicted octanol–water partition coefficient (Wildman–Crippen LogP) is 3.81. The van der Waals surface area contributed by atoms with Crippen molar-refractivity contribution in [2.45, 2.75) is 26.3 Å². The van der Waals surface area contributed by atoms with Crippen LogP contribution in [0, 0.1) is 23.0 Å². The molecule has 10 heteroatoms. The molecule has 0 atom stereocenters. The first-order valence-corrected chi connectivity index (χ1v) is 10.7. The number of benzene rings is 2. The summed E-state index contributed by atoms with van der Waals surface area (Å²) in [7, 11) is 1.46. The van der Waals surface area contributed by atoms with E-state index in [-0.39, 0.29) is 17.5 Å². The Bertz CT molecular complexity index is 1140. The molecular weight excluding hydrogens is 426 g/mol. The van der Waals surface area contributed by atoms with E-state index in [4.69, 9.17) is 9.26 Å². The third-order valence-electron chi connectivity index (χ3n) is 5.75. The third kappa shape index (κ3) is 5.35. The van der Waals surface area contributed by atoms with Gasteiger partial charge in [-0.2, -0.15) is 4.98 Å². The Morgan fingerprint density at radius 1 is 1.24 bits per heavy atom. The Morgan fingerprint density at radius 3 is 2.64 bits per heavy atom. The molecule has 4 rings (SSSR count). The SMILES string of the molecule is COc1ccc([N+](=O)[O-])cc1NC(=O)C1CCN(Cc2nc(-c3ccc(C)cc3)no2)CC1. The average Bonchev–Trinajstić information content (AvgIpc) is 3.28. The summed E-state index contributed by atoms with van der Waals surface area (Å²) in [6.07, 6.45) is 1.31. The van der Waals surface area contributed by atoms with Crippen molar-refractivity contribution in [3.63, 3.8) is 0 Å². The molecule has 0 unspecified atom stereocenters. The quantitative estimate of drug-likeness (QED) is 0.425. The summed E-state index contributed by atoms with van der Waals surface area (Å²) in [6, 6.07) is 12.1. The van der Waals surface area contributed by atoms with E-state index in [2.05, 4.69) is 20.4 Å². The first-order valence-electron chi connectivity index (χ1n) is 10.7. The molecule has 1 saturated heterocycles. The highest BCUT2D eigenvalue weighted by molar-refractivity contribution is 5.94. The highest BCUT2D eigenvalue weighted by atomic mass is 16.6. The number of amides is 1. The zero-order chi connectivity index (χ0) is 23.4. The van der Waals surface area contributed by atoms with Crippen LogP contribution in [-0.4, -0.2) is 46.1 Å². The molecule has 1 aromatic heterocycles. The summed E-state index contributed by atoms with van der Waals surface area (Å²) in [4.78, 5) is 30.0. The number of rotatable bonds is 7. The number of carbonyl (C=O) groups is 1. The number of nitro benzene ring substituents is 1. The van der Waals surface area contributed by atoms with Crippen molar-refractivity contribution in [2.24, 2.45) is 5.92 Å². The van der Waals surface area contributed by atoms with Crippen LogP contribution in [0.5, 0.6) is 5.75 Å². The van der Waals surface area contributed by atoms with E-state index >= 15 is 0 Å². The number of ether oxygens (including phenoxy) is 1. The molecule has 0 aliphatic carbocycles. The topological polar surface area (TPSA) is 124 Å². The minimum absolute atomic E-state index is 0.106. The molecule has 1 amide bonds. The van der Waals surface area contributed by atoms with Crippen LogP contribution in [0.15, 0.2) is 47.0 Å². The lowest BCUT2D eigenvalue weighted by Crippen LogP contribution is -2.37. The normalized spacial score (nSPS) is 14.7. The second kappa shape index (κ2) is 9.78. The van der Waals surface area contributed by atoms with E-state index in [0.717, 1.165) is 5.56 Å². The lowest BCUT2D eigenvalue weighted by atomic mass is 9.95. The molecule has 0 spiro atoms. The summed E-state index contributed by atoms with van der Waals surface area (Å²) in [5.41, 5.74) is 2.26. The summed E-state index contributed by atoms with van der Waals surface area (Å²) in [5, 5.41) is 17.9. The second-order valence-electron chi connectivity index (χ2n) is 8.06. The van der Waals surface area contributed by atoms with Crippen LogP contribution in [0.25, 0.3) is 11.4 Å². The molecule has 0 saturated carbocycles. The summed E-state index contributed by atoms with van der Waals surface area (Å²) in [6.45, 7) is 3.94. The van der Waals surface area contributed by atoms with E-state index in [1.165, 1.54) is 30.9 Å². The number of nitrogens with zero attached hydrogens (tertiary/aromatic N) is 4. The van der Waals surface area contributed by atoms with Crippen molar-refractivity contribution in [3.8, 4) is 17.1 Å². The van der Waals surface area contributed by atoms with Crippen molar-refractivity contribution in [3.05, 3.63) is 64.0 Å². The van der Waals surface area contributed by atoms with Crippen molar-refractivity contribution >= 4 is 17.3 Å². The van der Waals surface area contributed by atoms with Crippen molar-refractivity contribution < 1.29 is 19.0 Å². The van der Waals surface area contributed by atoms with Gasteiger partial charge in [-0.25, -0.2) is 0 Å². The zero-order valence-corrected chi connectivity index (χ0v) is 18.5. The van der Waals surface area contributed by atoms with Crippen LogP contribution >= 0.6 is 0 Å². The third-order valence-corrected chi connectivity index (χ3v) is 5.75. The number of nitrogens with one attached hydrogen (secondary N) is 1. The largest absolute Gasteiger partial charge is 0.495 e. The molecular formula is C23H25N5O5. The van der Waals surface area contributed by atoms with E-state index in [1.807, 2.05) is 31.2 Å².